The van der Waals surface area contributed by atoms with Crippen LogP contribution >= 0.6 is 0 Å². The van der Waals surface area contributed by atoms with E-state index >= 15 is 0 Å². The molecule has 4 aliphatic rings. The van der Waals surface area contributed by atoms with Gasteiger partial charge in [-0.05, 0) is 47.9 Å². The van der Waals surface area contributed by atoms with Crippen molar-refractivity contribution in [1.82, 2.24) is 19.9 Å². The highest BCUT2D eigenvalue weighted by Crippen LogP contribution is 2.44. The minimum atomic E-state index is 0.296. The predicted molar refractivity (Wildman–Crippen MR) is 99.9 cm³/mol. The van der Waals surface area contributed by atoms with Gasteiger partial charge in [-0.1, -0.05) is 6.07 Å². The Kier molecular flexibility index (Phi) is 3.14. The zero-order valence-corrected chi connectivity index (χ0v) is 14.6. The molecule has 5 heterocycles. The van der Waals surface area contributed by atoms with E-state index in [-0.39, 0.29) is 0 Å². The van der Waals surface area contributed by atoms with Crippen LogP contribution in [0.5, 0.6) is 6.01 Å². The van der Waals surface area contributed by atoms with Gasteiger partial charge >= 0.3 is 6.01 Å². The van der Waals surface area contributed by atoms with Crippen molar-refractivity contribution in [2.45, 2.75) is 18.9 Å². The molecule has 0 amide bonds. The normalized spacial score (nSPS) is 32.2. The third-order valence-corrected chi connectivity index (χ3v) is 6.46. The fraction of sp³-hybridized carbons (Fsp3) is 0.429. The molecule has 2 unspecified atom stereocenters. The zero-order chi connectivity index (χ0) is 17.1. The molecular formula is C21H22N4O. The Morgan fingerprint density at radius 1 is 0.962 bits per heavy atom. The van der Waals surface area contributed by atoms with E-state index < -0.39 is 0 Å². The average molecular weight is 346 g/mol. The second kappa shape index (κ2) is 5.55. The number of hydrogen-bond acceptors (Lipinski definition) is 4. The smallest absolute Gasteiger partial charge is 0.316 e. The fourth-order valence-electron chi connectivity index (χ4n) is 5.44. The maximum atomic E-state index is 6.29. The Morgan fingerprint density at radius 2 is 1.77 bits per heavy atom. The summed E-state index contributed by atoms with van der Waals surface area (Å²) < 4.78 is 6.29. The van der Waals surface area contributed by atoms with Crippen molar-refractivity contribution in [2.75, 3.05) is 19.6 Å². The highest BCUT2D eigenvalue weighted by atomic mass is 16.5. The summed E-state index contributed by atoms with van der Waals surface area (Å²) in [5.41, 5.74) is 3.30. The number of ether oxygens (including phenoxy) is 1. The Bertz CT molecular complexity index is 920. The summed E-state index contributed by atoms with van der Waals surface area (Å²) in [6.07, 6.45) is 8.65. The van der Waals surface area contributed by atoms with E-state index in [0.717, 1.165) is 22.6 Å². The minimum absolute atomic E-state index is 0.296. The maximum Gasteiger partial charge on any atom is 0.316 e. The van der Waals surface area contributed by atoms with Crippen LogP contribution in [-0.2, 0) is 0 Å². The number of fused-ring (bicyclic) bond motifs is 1. The predicted octanol–water partition coefficient (Wildman–Crippen LogP) is 3.34. The van der Waals surface area contributed by atoms with Gasteiger partial charge in [0.05, 0.1) is 0 Å². The number of aromatic nitrogens is 3. The first kappa shape index (κ1) is 14.7. The molecular weight excluding hydrogens is 324 g/mol. The standard InChI is InChI=1S/C21H22N4O/c1-2-19-15(3-4-22-19)7-14(1)18-8-23-21(24-9-18)26-20-16-5-13-6-17(20)12-25(10-13)11-16/h1-4,7-9,13,16-17,20,22H,5-6,10-12H2. The second-order valence-corrected chi connectivity index (χ2v) is 8.19. The van der Waals surface area contributed by atoms with Crippen LogP contribution in [0, 0.1) is 17.8 Å². The number of nitrogens with one attached hydrogen (secondary N) is 1. The Labute approximate surface area is 152 Å². The third-order valence-electron chi connectivity index (χ3n) is 6.46. The minimum Gasteiger partial charge on any atom is -0.459 e. The molecule has 5 nitrogen and oxygen atoms in total. The summed E-state index contributed by atoms with van der Waals surface area (Å²) in [5.74, 6) is 2.19. The molecule has 1 saturated carbocycles. The van der Waals surface area contributed by atoms with E-state index in [2.05, 4.69) is 44.1 Å². The molecule has 26 heavy (non-hydrogen) atoms. The molecule has 1 N–H and O–H groups in total. The molecule has 0 radical (unpaired) electrons. The van der Waals surface area contributed by atoms with Gasteiger partial charge in [-0.25, -0.2) is 9.97 Å². The molecule has 3 saturated heterocycles. The number of piperidine rings is 3. The third kappa shape index (κ3) is 2.34. The van der Waals surface area contributed by atoms with E-state index in [1.54, 1.807) is 0 Å². The van der Waals surface area contributed by atoms with Crippen LogP contribution in [0.25, 0.3) is 22.0 Å². The van der Waals surface area contributed by atoms with Gasteiger partial charge in [0.25, 0.3) is 0 Å². The summed E-state index contributed by atoms with van der Waals surface area (Å²) >= 11 is 0. The molecule has 4 fully saturated rings. The molecule has 1 aliphatic carbocycles. The summed E-state index contributed by atoms with van der Waals surface area (Å²) in [5, 5.41) is 1.20. The lowest BCUT2D eigenvalue weighted by Gasteiger charge is -2.55. The average Bonchev–Trinajstić information content (AvgIpc) is 3.12. The number of rotatable bonds is 3. The van der Waals surface area contributed by atoms with Gasteiger partial charge in [0.1, 0.15) is 6.10 Å². The first-order chi connectivity index (χ1) is 12.8. The van der Waals surface area contributed by atoms with Crippen LogP contribution in [-0.4, -0.2) is 45.6 Å². The largest absolute Gasteiger partial charge is 0.459 e. The topological polar surface area (TPSA) is 54.0 Å². The van der Waals surface area contributed by atoms with Crippen LogP contribution in [0.4, 0.5) is 0 Å². The summed E-state index contributed by atoms with van der Waals surface area (Å²) in [6, 6.07) is 8.98. The first-order valence-electron chi connectivity index (χ1n) is 9.60. The molecule has 3 aromatic rings. The van der Waals surface area contributed by atoms with Crippen molar-refractivity contribution < 1.29 is 4.74 Å². The lowest BCUT2D eigenvalue weighted by Crippen LogP contribution is -2.61. The number of H-pyrrole nitrogens is 1. The van der Waals surface area contributed by atoms with Crippen molar-refractivity contribution in [3.05, 3.63) is 42.9 Å². The second-order valence-electron chi connectivity index (χ2n) is 8.19. The van der Waals surface area contributed by atoms with Crippen LogP contribution in [0.15, 0.2) is 42.9 Å². The zero-order valence-electron chi connectivity index (χ0n) is 14.6. The molecule has 2 aromatic heterocycles. The summed E-state index contributed by atoms with van der Waals surface area (Å²) in [6.45, 7) is 3.68. The van der Waals surface area contributed by atoms with Gasteiger partial charge in [0, 0.05) is 61.1 Å². The number of hydrogen-bond donors (Lipinski definition) is 1. The highest BCUT2D eigenvalue weighted by Gasteiger charge is 2.48. The molecule has 5 heteroatoms. The van der Waals surface area contributed by atoms with E-state index in [1.165, 1.54) is 37.9 Å². The number of aromatic amines is 1. The number of nitrogens with zero attached hydrogens (tertiary/aromatic N) is 3. The molecule has 3 aliphatic heterocycles. The number of benzene rings is 1. The van der Waals surface area contributed by atoms with Gasteiger partial charge in [0.2, 0.25) is 0 Å². The highest BCUT2D eigenvalue weighted by molar-refractivity contribution is 5.84. The first-order valence-corrected chi connectivity index (χ1v) is 9.60. The fourth-order valence-corrected chi connectivity index (χ4v) is 5.44. The van der Waals surface area contributed by atoms with Gasteiger partial charge in [0.15, 0.2) is 0 Å². The quantitative estimate of drug-likeness (QED) is 0.790. The van der Waals surface area contributed by atoms with Crippen molar-refractivity contribution in [3.8, 4) is 17.1 Å². The summed E-state index contributed by atoms with van der Waals surface area (Å²) in [7, 11) is 0. The van der Waals surface area contributed by atoms with Crippen LogP contribution in [0.1, 0.15) is 12.8 Å². The van der Waals surface area contributed by atoms with Crippen LogP contribution in [0.3, 0.4) is 0 Å². The van der Waals surface area contributed by atoms with Gasteiger partial charge in [-0.2, -0.15) is 0 Å². The molecule has 7 rings (SSSR count). The molecule has 4 bridgehead atoms. The maximum absolute atomic E-state index is 6.29. The van der Waals surface area contributed by atoms with Crippen molar-refractivity contribution in [3.63, 3.8) is 0 Å². The molecule has 132 valence electrons. The molecule has 1 aromatic carbocycles. The lowest BCUT2D eigenvalue weighted by atomic mass is 9.66. The Morgan fingerprint density at radius 3 is 2.54 bits per heavy atom. The molecule has 0 spiro atoms. The van der Waals surface area contributed by atoms with Gasteiger partial charge in [-0.3, -0.25) is 0 Å². The van der Waals surface area contributed by atoms with Gasteiger partial charge < -0.3 is 14.6 Å². The van der Waals surface area contributed by atoms with Crippen molar-refractivity contribution in [2.24, 2.45) is 17.8 Å². The van der Waals surface area contributed by atoms with Crippen LogP contribution < -0.4 is 4.74 Å². The van der Waals surface area contributed by atoms with Gasteiger partial charge in [-0.15, -0.1) is 0 Å². The Hall–Kier alpha value is -2.40. The van der Waals surface area contributed by atoms with E-state index in [9.17, 15) is 0 Å². The van der Waals surface area contributed by atoms with E-state index in [0.29, 0.717) is 24.0 Å². The van der Waals surface area contributed by atoms with E-state index in [4.69, 9.17) is 4.74 Å². The van der Waals surface area contributed by atoms with Crippen molar-refractivity contribution >= 4 is 10.9 Å². The molecule has 2 atom stereocenters. The SMILES string of the molecule is c1cc2cc(-c3cnc(OC4C5CC6CC4CN(C6)C5)nc3)ccc2[nH]1. The van der Waals surface area contributed by atoms with E-state index in [1.807, 2.05) is 18.6 Å². The lowest BCUT2D eigenvalue weighted by molar-refractivity contribution is -0.101. The van der Waals surface area contributed by atoms with Crippen molar-refractivity contribution in [1.29, 1.82) is 0 Å². The summed E-state index contributed by atoms with van der Waals surface area (Å²) in [4.78, 5) is 14.9. The Balaban J connectivity index is 1.23. The monoisotopic (exact) mass is 346 g/mol. The van der Waals surface area contributed by atoms with Crippen LogP contribution in [0.2, 0.25) is 0 Å².